The summed E-state index contributed by atoms with van der Waals surface area (Å²) in [5.74, 6) is 5.35. The molecule has 8 fully saturated rings. The fourth-order valence-corrected chi connectivity index (χ4v) is 26.7. The molecule has 5 nitrogen and oxygen atoms in total. The van der Waals surface area contributed by atoms with Gasteiger partial charge in [0, 0.05) is 0 Å². The standard InChI is InChI=1S/2C13H21NO.2Ga.O/c2*15-13-11-6-2-1-4-9(11)8-10-5-3-7-14-12(10)13;;;/h2*9-13H,1-8H2;;;/q2*-2;2*+2;. The first-order valence-electron chi connectivity index (χ1n) is 14.8. The molecule has 4 saturated carbocycles. The zero-order chi connectivity index (χ0) is 21.5. The normalized spacial score (nSPS) is 51.6. The van der Waals surface area contributed by atoms with Gasteiger partial charge in [-0.25, -0.2) is 0 Å². The molecule has 33 heavy (non-hydrogen) atoms. The monoisotopic (exact) mass is 568 g/mol. The number of nitrogens with zero attached hydrogens (tertiary/aromatic N) is 2. The van der Waals surface area contributed by atoms with Crippen molar-refractivity contribution < 1.29 is 9.38 Å². The number of hydrogen-bond donors (Lipinski definition) is 0. The van der Waals surface area contributed by atoms with Crippen molar-refractivity contribution in [3.8, 4) is 0 Å². The van der Waals surface area contributed by atoms with Crippen molar-refractivity contribution >= 4 is 34.4 Å². The Kier molecular flexibility index (Phi) is 5.91. The summed E-state index contributed by atoms with van der Waals surface area (Å²) >= 11 is -4.81. The Bertz CT molecular complexity index is 699. The summed E-state index contributed by atoms with van der Waals surface area (Å²) in [6.07, 6.45) is 21.2. The van der Waals surface area contributed by atoms with Gasteiger partial charge in [0.15, 0.2) is 0 Å². The molecule has 0 N–H and O–H groups in total. The molecule has 0 aromatic heterocycles. The average Bonchev–Trinajstić information content (AvgIpc) is 3.41. The minimum atomic E-state index is -2.40. The molecule has 10 atom stereocenters. The zero-order valence-corrected chi connectivity index (χ0v) is 25.2. The maximum absolute atomic E-state index is 7.27. The first kappa shape index (κ1) is 22.1. The van der Waals surface area contributed by atoms with Crippen LogP contribution in [-0.2, 0) is 9.38 Å². The van der Waals surface area contributed by atoms with Crippen molar-refractivity contribution in [1.29, 1.82) is 0 Å². The molecule has 7 heteroatoms. The molecule has 0 aromatic carbocycles. The summed E-state index contributed by atoms with van der Waals surface area (Å²) in [5, 5.41) is 0. The molecule has 0 aromatic rings. The van der Waals surface area contributed by atoms with Crippen LogP contribution >= 0.6 is 0 Å². The third kappa shape index (κ3) is 3.53. The second-order valence-corrected chi connectivity index (χ2v) is 23.1. The van der Waals surface area contributed by atoms with Crippen molar-refractivity contribution in [3.63, 3.8) is 0 Å². The van der Waals surface area contributed by atoms with E-state index < -0.39 is 34.4 Å². The number of rotatable bonds is 2. The van der Waals surface area contributed by atoms with E-state index in [9.17, 15) is 0 Å². The molecular weight excluding hydrogens is 528 g/mol. The molecule has 0 bridgehead atoms. The van der Waals surface area contributed by atoms with Crippen molar-refractivity contribution in [2.24, 2.45) is 35.5 Å². The molecule has 10 unspecified atom stereocenters. The summed E-state index contributed by atoms with van der Waals surface area (Å²) in [5.41, 5.74) is 0. The van der Waals surface area contributed by atoms with E-state index in [0.717, 1.165) is 35.5 Å². The van der Waals surface area contributed by atoms with Gasteiger partial charge in [0.1, 0.15) is 0 Å². The Morgan fingerprint density at radius 3 is 1.52 bits per heavy atom. The molecule has 8 aliphatic rings. The summed E-state index contributed by atoms with van der Waals surface area (Å²) in [6.45, 7) is 2.52. The van der Waals surface area contributed by atoms with E-state index in [2.05, 4.69) is 7.21 Å². The Balaban J connectivity index is 1.04. The van der Waals surface area contributed by atoms with Gasteiger partial charge in [-0.3, -0.25) is 0 Å². The van der Waals surface area contributed by atoms with Crippen LogP contribution in [-0.4, -0.2) is 79.0 Å². The molecule has 0 radical (unpaired) electrons. The van der Waals surface area contributed by atoms with Crippen LogP contribution in [0, 0.1) is 35.5 Å². The van der Waals surface area contributed by atoms with Gasteiger partial charge in [-0.15, -0.1) is 0 Å². The molecule has 4 aliphatic carbocycles. The summed E-state index contributed by atoms with van der Waals surface area (Å²) < 4.78 is 27.3. The van der Waals surface area contributed by atoms with Crippen LogP contribution in [0.4, 0.5) is 0 Å². The molecule has 0 amide bonds. The average molecular weight is 570 g/mol. The van der Waals surface area contributed by atoms with Crippen molar-refractivity contribution in [2.75, 3.05) is 13.1 Å². The van der Waals surface area contributed by atoms with E-state index in [1.54, 1.807) is 0 Å². The van der Waals surface area contributed by atoms with Crippen LogP contribution in [0.5, 0.6) is 0 Å². The van der Waals surface area contributed by atoms with Gasteiger partial charge in [0.2, 0.25) is 0 Å². The molecule has 4 heterocycles. The van der Waals surface area contributed by atoms with E-state index in [-0.39, 0.29) is 0 Å². The molecular formula is C26H42Ga2N2O3. The minimum absolute atomic E-state index is 0.516. The molecule has 4 saturated heterocycles. The summed E-state index contributed by atoms with van der Waals surface area (Å²) in [7, 11) is 0. The van der Waals surface area contributed by atoms with Crippen molar-refractivity contribution in [2.45, 2.75) is 114 Å². The van der Waals surface area contributed by atoms with Gasteiger partial charge in [-0.1, -0.05) is 0 Å². The van der Waals surface area contributed by atoms with Crippen LogP contribution < -0.4 is 0 Å². The van der Waals surface area contributed by atoms with Crippen LogP contribution in [0.3, 0.4) is 0 Å². The third-order valence-electron chi connectivity index (χ3n) is 11.7. The van der Waals surface area contributed by atoms with Gasteiger partial charge in [-0.2, -0.15) is 0 Å². The topological polar surface area (TPSA) is 34.2 Å². The van der Waals surface area contributed by atoms with Crippen molar-refractivity contribution in [1.82, 2.24) is 7.21 Å². The van der Waals surface area contributed by atoms with Gasteiger partial charge < -0.3 is 0 Å². The van der Waals surface area contributed by atoms with Crippen LogP contribution in [0.2, 0.25) is 0 Å². The van der Waals surface area contributed by atoms with E-state index in [4.69, 9.17) is 9.38 Å². The predicted molar refractivity (Wildman–Crippen MR) is 129 cm³/mol. The second kappa shape index (κ2) is 8.83. The van der Waals surface area contributed by atoms with Gasteiger partial charge in [0.05, 0.1) is 0 Å². The fraction of sp³-hybridized carbons (Fsp3) is 1.00. The number of fused-ring (bicyclic) bond motifs is 4. The summed E-state index contributed by atoms with van der Waals surface area (Å²) in [4.78, 5) is 0. The van der Waals surface area contributed by atoms with Gasteiger partial charge >= 0.3 is 214 Å². The number of hydrogen-bond acceptors (Lipinski definition) is 5. The maximum atomic E-state index is 7.27. The van der Waals surface area contributed by atoms with Crippen LogP contribution in [0.1, 0.15) is 89.9 Å². The van der Waals surface area contributed by atoms with Crippen LogP contribution in [0.15, 0.2) is 0 Å². The Labute approximate surface area is 212 Å². The SMILES string of the molecule is C1CCC2C(C1)CC1CCC[N]3C1C2[O][Ga]3[O][Ga]1[O]C2C3CCCCC3CC3CCC[N]1C32. The van der Waals surface area contributed by atoms with Crippen molar-refractivity contribution in [3.05, 3.63) is 0 Å². The number of piperidine rings is 2. The first-order chi connectivity index (χ1) is 16.3. The first-order valence-corrected chi connectivity index (χ1v) is 21.0. The molecule has 0 spiro atoms. The van der Waals surface area contributed by atoms with Gasteiger partial charge in [0.25, 0.3) is 0 Å². The zero-order valence-electron chi connectivity index (χ0n) is 20.4. The summed E-state index contributed by atoms with van der Waals surface area (Å²) in [6, 6.07) is 1.43. The molecule has 4 aliphatic heterocycles. The Morgan fingerprint density at radius 1 is 0.545 bits per heavy atom. The molecule has 8 rings (SSSR count). The van der Waals surface area contributed by atoms with E-state index in [1.807, 2.05) is 0 Å². The third-order valence-corrected chi connectivity index (χ3v) is 24.8. The van der Waals surface area contributed by atoms with Gasteiger partial charge in [-0.05, 0) is 0 Å². The quantitative estimate of drug-likeness (QED) is 0.462. The van der Waals surface area contributed by atoms with E-state index >= 15 is 0 Å². The van der Waals surface area contributed by atoms with Crippen LogP contribution in [0.25, 0.3) is 0 Å². The Morgan fingerprint density at radius 2 is 1.00 bits per heavy atom. The predicted octanol–water partition coefficient (Wildman–Crippen LogP) is 4.35. The van der Waals surface area contributed by atoms with E-state index in [1.165, 1.54) is 103 Å². The Hall–Kier alpha value is 1.07. The second-order valence-electron chi connectivity index (χ2n) is 13.1. The van der Waals surface area contributed by atoms with E-state index in [0.29, 0.717) is 24.3 Å². The fourth-order valence-electron chi connectivity index (χ4n) is 10.5. The molecule has 180 valence electrons.